The highest BCUT2D eigenvalue weighted by atomic mass is 35.5. The van der Waals surface area contributed by atoms with Crippen molar-refractivity contribution in [3.63, 3.8) is 0 Å². The van der Waals surface area contributed by atoms with Gasteiger partial charge in [-0.25, -0.2) is 9.78 Å². The van der Waals surface area contributed by atoms with Crippen LogP contribution in [0.4, 0.5) is 5.82 Å². The monoisotopic (exact) mass is 756 g/mol. The number of thiazole rings is 1. The maximum absolute atomic E-state index is 12.8. The van der Waals surface area contributed by atoms with Gasteiger partial charge in [-0.05, 0) is 87.6 Å². The maximum atomic E-state index is 12.8. The van der Waals surface area contributed by atoms with E-state index in [2.05, 4.69) is 46.5 Å². The van der Waals surface area contributed by atoms with Crippen molar-refractivity contribution in [1.82, 2.24) is 24.6 Å². The predicted molar refractivity (Wildman–Crippen MR) is 214 cm³/mol. The zero-order valence-corrected chi connectivity index (χ0v) is 33.2. The molecule has 5 aromatic rings. The second-order valence-corrected chi connectivity index (χ2v) is 17.3. The molecule has 2 fully saturated rings. The topological polar surface area (TPSA) is 104 Å². The Bertz CT molecular complexity index is 2160. The van der Waals surface area contributed by atoms with Gasteiger partial charge in [0.25, 0.3) is 0 Å². The zero-order chi connectivity index (χ0) is 37.8. The van der Waals surface area contributed by atoms with Crippen molar-refractivity contribution in [2.24, 2.45) is 5.92 Å². The lowest BCUT2D eigenvalue weighted by molar-refractivity contribution is -0.160. The number of rotatable bonds is 10. The van der Waals surface area contributed by atoms with E-state index in [9.17, 15) is 14.7 Å². The van der Waals surface area contributed by atoms with E-state index >= 15 is 0 Å². The van der Waals surface area contributed by atoms with Gasteiger partial charge in [0.15, 0.2) is 11.9 Å². The summed E-state index contributed by atoms with van der Waals surface area (Å²) in [5.41, 5.74) is 5.29. The van der Waals surface area contributed by atoms with Gasteiger partial charge in [-0.15, -0.1) is 11.3 Å². The first-order valence-corrected chi connectivity index (χ1v) is 19.7. The van der Waals surface area contributed by atoms with Gasteiger partial charge in [0.2, 0.25) is 5.91 Å². The molecule has 4 heterocycles. The van der Waals surface area contributed by atoms with Crippen molar-refractivity contribution >= 4 is 61.8 Å². The van der Waals surface area contributed by atoms with Crippen LogP contribution in [0, 0.1) is 12.8 Å². The van der Waals surface area contributed by atoms with Gasteiger partial charge in [-0.1, -0.05) is 37.6 Å². The van der Waals surface area contributed by atoms with Gasteiger partial charge in [0.05, 0.1) is 21.3 Å². The highest BCUT2D eigenvalue weighted by Gasteiger charge is 2.36. The van der Waals surface area contributed by atoms with Crippen LogP contribution in [0.5, 0.6) is 0 Å². The number of piperazine rings is 1. The summed E-state index contributed by atoms with van der Waals surface area (Å²) in [5, 5.41) is 18.3. The molecule has 1 N–H and O–H groups in total. The fraction of sp³-hybridized carbons (Fsp3) is 0.463. The predicted octanol–water partition coefficient (Wildman–Crippen LogP) is 8.28. The minimum absolute atomic E-state index is 0.151. The lowest BCUT2D eigenvalue weighted by Crippen LogP contribution is -2.64. The number of anilines is 1. The second kappa shape index (κ2) is 14.7. The van der Waals surface area contributed by atoms with Crippen LogP contribution >= 0.6 is 22.9 Å². The van der Waals surface area contributed by atoms with Gasteiger partial charge < -0.3 is 19.6 Å². The molecule has 3 aromatic carbocycles. The Morgan fingerprint density at radius 3 is 2.32 bits per heavy atom. The smallest absolute Gasteiger partial charge is 0.337 e. The van der Waals surface area contributed by atoms with Crippen molar-refractivity contribution < 1.29 is 19.4 Å². The van der Waals surface area contributed by atoms with Crippen molar-refractivity contribution in [3.8, 4) is 21.7 Å². The second-order valence-electron chi connectivity index (χ2n) is 15.9. The summed E-state index contributed by atoms with van der Waals surface area (Å²) < 4.78 is 9.27. The molecule has 0 unspecified atom stereocenters. The maximum Gasteiger partial charge on any atom is 0.337 e. The van der Waals surface area contributed by atoms with Gasteiger partial charge in [-0.2, -0.15) is 5.10 Å². The van der Waals surface area contributed by atoms with E-state index < -0.39 is 17.7 Å². The number of carboxylic acid groups (broad SMARTS) is 1. The number of aromatic nitrogens is 3. The van der Waals surface area contributed by atoms with Crippen molar-refractivity contribution in [3.05, 3.63) is 64.7 Å². The van der Waals surface area contributed by atoms with Gasteiger partial charge in [0.1, 0.15) is 5.01 Å². The molecule has 7 rings (SSSR count). The number of aliphatic carboxylic acids is 1. The molecule has 10 nitrogen and oxygen atoms in total. The first-order valence-electron chi connectivity index (χ1n) is 18.5. The highest BCUT2D eigenvalue weighted by Crippen LogP contribution is 2.45. The number of ether oxygens (including phenoxy) is 1. The molecule has 2 aromatic heterocycles. The Morgan fingerprint density at radius 1 is 1.02 bits per heavy atom. The van der Waals surface area contributed by atoms with E-state index in [4.69, 9.17) is 26.4 Å². The molecule has 2 saturated heterocycles. The van der Waals surface area contributed by atoms with Crippen LogP contribution in [0.3, 0.4) is 0 Å². The minimum Gasteiger partial charge on any atom is -0.479 e. The van der Waals surface area contributed by atoms with E-state index in [1.807, 2.05) is 62.9 Å². The number of carbonyl (C=O) groups is 2. The number of carboxylic acids is 1. The van der Waals surface area contributed by atoms with Crippen molar-refractivity contribution in [2.75, 3.05) is 44.2 Å². The minimum atomic E-state index is -1.18. The SMILES string of the molecule is CC(=O)N1CC(N2CCN(c3nn(CCC(C)C)c4ccc(-c5nc6cc(C)c([C@H](OC(C)(C)C)C(=O)O)c(-c7ccc(Cl)cc7)c6s5)cc34)CC2)C1. The molecule has 2 aliphatic heterocycles. The lowest BCUT2D eigenvalue weighted by atomic mass is 9.91. The molecule has 0 bridgehead atoms. The van der Waals surface area contributed by atoms with Crippen LogP contribution in [0.2, 0.25) is 5.02 Å². The third-order valence-electron chi connectivity index (χ3n) is 10.4. The lowest BCUT2D eigenvalue weighted by Gasteiger charge is -2.48. The number of carbonyl (C=O) groups excluding carboxylic acids is 1. The first-order chi connectivity index (χ1) is 25.2. The molecular weight excluding hydrogens is 708 g/mol. The first kappa shape index (κ1) is 37.3. The fourth-order valence-electron chi connectivity index (χ4n) is 7.48. The summed E-state index contributed by atoms with van der Waals surface area (Å²) in [6, 6.07) is 16.5. The quantitative estimate of drug-likeness (QED) is 0.152. The van der Waals surface area contributed by atoms with Crippen molar-refractivity contribution in [2.45, 2.75) is 79.2 Å². The highest BCUT2D eigenvalue weighted by molar-refractivity contribution is 7.22. The standard InChI is InChI=1S/C41H49ClN6O4S/c1-24(2)14-15-48-33-13-10-28(21-31(33)38(44-48)46-18-16-45(17-19-46)30-22-47(23-30)26(4)49)39-43-32-20-25(3)34(36(40(50)51)52-41(5,6)7)35(37(32)53-39)27-8-11-29(42)12-9-27/h8-13,20-21,24,30,36H,14-19,22-23H2,1-7H3,(H,50,51)/t36-/m0/s1. The average molecular weight is 757 g/mol. The number of amides is 1. The average Bonchev–Trinajstić information content (AvgIpc) is 3.66. The van der Waals surface area contributed by atoms with Gasteiger partial charge in [-0.3, -0.25) is 14.4 Å². The number of nitrogens with zero attached hydrogens (tertiary/aromatic N) is 6. The molecule has 280 valence electrons. The number of likely N-dealkylation sites (tertiary alicyclic amines) is 1. The molecule has 12 heteroatoms. The summed E-state index contributed by atoms with van der Waals surface area (Å²) in [7, 11) is 0. The summed E-state index contributed by atoms with van der Waals surface area (Å²) in [4.78, 5) is 36.6. The van der Waals surface area contributed by atoms with Crippen LogP contribution in [0.1, 0.15) is 65.2 Å². The van der Waals surface area contributed by atoms with Crippen LogP contribution in [-0.4, -0.2) is 92.5 Å². The zero-order valence-electron chi connectivity index (χ0n) is 31.6. The van der Waals surface area contributed by atoms with Gasteiger partial charge >= 0.3 is 5.97 Å². The number of hydrogen-bond acceptors (Lipinski definition) is 8. The third kappa shape index (κ3) is 7.67. The van der Waals surface area contributed by atoms with E-state index in [1.54, 1.807) is 18.3 Å². The van der Waals surface area contributed by atoms with E-state index in [-0.39, 0.29) is 5.91 Å². The number of aryl methyl sites for hydroxylation is 2. The Balaban J connectivity index is 1.29. The normalized spacial score (nSPS) is 16.5. The largest absolute Gasteiger partial charge is 0.479 e. The van der Waals surface area contributed by atoms with E-state index in [0.29, 0.717) is 22.5 Å². The number of benzene rings is 3. The number of hydrogen-bond donors (Lipinski definition) is 1. The Hall–Kier alpha value is -4.03. The fourth-order valence-corrected chi connectivity index (χ4v) is 8.73. The third-order valence-corrected chi connectivity index (χ3v) is 11.7. The molecule has 0 spiro atoms. The Labute approximate surface area is 320 Å². The molecule has 0 saturated carbocycles. The summed E-state index contributed by atoms with van der Waals surface area (Å²) in [5.74, 6) is 0.659. The molecule has 1 atom stereocenters. The molecular formula is C41H49ClN6O4S. The Kier molecular flexibility index (Phi) is 10.3. The number of fused-ring (bicyclic) bond motifs is 2. The van der Waals surface area contributed by atoms with Gasteiger partial charge in [0, 0.05) is 85.9 Å². The van der Waals surface area contributed by atoms with Crippen LogP contribution in [-0.2, 0) is 20.9 Å². The summed E-state index contributed by atoms with van der Waals surface area (Å²) in [6.45, 7) is 19.7. The van der Waals surface area contributed by atoms with E-state index in [0.717, 1.165) is 106 Å². The molecule has 2 aliphatic rings. The Morgan fingerprint density at radius 2 is 1.70 bits per heavy atom. The molecule has 0 radical (unpaired) electrons. The van der Waals surface area contributed by atoms with Crippen molar-refractivity contribution in [1.29, 1.82) is 0 Å². The number of halogens is 1. The summed E-state index contributed by atoms with van der Waals surface area (Å²) in [6.07, 6.45) is -0.146. The molecule has 0 aliphatic carbocycles. The van der Waals surface area contributed by atoms with E-state index in [1.165, 1.54) is 0 Å². The molecule has 53 heavy (non-hydrogen) atoms. The van der Waals surface area contributed by atoms with Crippen LogP contribution < -0.4 is 4.90 Å². The van der Waals surface area contributed by atoms with Crippen LogP contribution in [0.25, 0.3) is 42.8 Å². The van der Waals surface area contributed by atoms with Crippen LogP contribution in [0.15, 0.2) is 48.5 Å². The summed E-state index contributed by atoms with van der Waals surface area (Å²) >= 11 is 7.88. The molecule has 1 amide bonds.